The van der Waals surface area contributed by atoms with Gasteiger partial charge in [-0.3, -0.25) is 4.79 Å². The maximum Gasteiger partial charge on any atom is 0.355 e. The van der Waals surface area contributed by atoms with Gasteiger partial charge in [0.1, 0.15) is 23.2 Å². The molecule has 1 unspecified atom stereocenters. The molecule has 0 fully saturated rings. The lowest BCUT2D eigenvalue weighted by atomic mass is 9.80. The summed E-state index contributed by atoms with van der Waals surface area (Å²) in [5.74, 6) is -1.13. The highest BCUT2D eigenvalue weighted by Crippen LogP contribution is 2.39. The van der Waals surface area contributed by atoms with Crippen LogP contribution in [0.15, 0.2) is 29.3 Å². The number of nitrogens with zero attached hydrogens (tertiary/aromatic N) is 2. The molecule has 0 amide bonds. The van der Waals surface area contributed by atoms with Crippen LogP contribution in [0.3, 0.4) is 0 Å². The zero-order chi connectivity index (χ0) is 27.2. The SMILES string of the molecule is CCC1(OC(C)=O)C(=O)OCC2=C1Cc1nc3n(c1=C2O)Cc1c(cccc1CC[Si](C)(C)CCCN)C=3. The fourth-order valence-corrected chi connectivity index (χ4v) is 8.49. The second kappa shape index (κ2) is 9.85. The number of cyclic esters (lactones) is 1. The highest BCUT2D eigenvalue weighted by molar-refractivity contribution is 6.77. The summed E-state index contributed by atoms with van der Waals surface area (Å²) >= 11 is 0. The maximum absolute atomic E-state index is 12.9. The summed E-state index contributed by atoms with van der Waals surface area (Å²) in [6.07, 6.45) is 4.71. The smallest absolute Gasteiger partial charge is 0.355 e. The Hall–Kier alpha value is -3.17. The van der Waals surface area contributed by atoms with Crippen molar-refractivity contribution >= 4 is 31.8 Å². The number of ether oxygens (including phenoxy) is 2. The van der Waals surface area contributed by atoms with Gasteiger partial charge in [0.15, 0.2) is 0 Å². The molecule has 0 saturated carbocycles. The zero-order valence-corrected chi connectivity index (χ0v) is 23.7. The van der Waals surface area contributed by atoms with Crippen LogP contribution in [0.5, 0.6) is 0 Å². The number of aromatic nitrogens is 2. The molecule has 1 aromatic carbocycles. The topological polar surface area (TPSA) is 117 Å². The van der Waals surface area contributed by atoms with Crippen molar-refractivity contribution in [1.82, 2.24) is 9.55 Å². The molecule has 1 atom stereocenters. The standard InChI is InChI=1S/C29H37N3O5Si/c1-5-29(37-18(2)33)23-15-24-26(27(34)22(23)17-36-28(29)35)32-16-21-19(10-13-38(3,4)12-7-11-30)8-6-9-20(21)14-25(32)31-24/h6,8-9,14,34H,5,7,10-13,15-17,30H2,1-4H3. The lowest BCUT2D eigenvalue weighted by Crippen LogP contribution is -2.51. The number of aliphatic hydroxyl groups excluding tert-OH is 1. The van der Waals surface area contributed by atoms with Crippen molar-refractivity contribution in [2.75, 3.05) is 13.2 Å². The van der Waals surface area contributed by atoms with Gasteiger partial charge in [-0.2, -0.15) is 0 Å². The lowest BCUT2D eigenvalue weighted by molar-refractivity contribution is -0.179. The van der Waals surface area contributed by atoms with Crippen molar-refractivity contribution in [3.63, 3.8) is 0 Å². The molecule has 0 saturated heterocycles. The quantitative estimate of drug-likeness (QED) is 0.336. The first kappa shape index (κ1) is 26.4. The van der Waals surface area contributed by atoms with Crippen molar-refractivity contribution in [1.29, 1.82) is 0 Å². The molecule has 8 nitrogen and oxygen atoms in total. The Bertz CT molecular complexity index is 1470. The average Bonchev–Trinajstić information content (AvgIpc) is 3.24. The first-order chi connectivity index (χ1) is 18.1. The van der Waals surface area contributed by atoms with E-state index >= 15 is 0 Å². The highest BCUT2D eigenvalue weighted by Gasteiger charge is 2.51. The van der Waals surface area contributed by atoms with Gasteiger partial charge in [-0.25, -0.2) is 9.78 Å². The van der Waals surface area contributed by atoms with E-state index in [9.17, 15) is 14.7 Å². The summed E-state index contributed by atoms with van der Waals surface area (Å²) in [4.78, 5) is 29.7. The van der Waals surface area contributed by atoms with E-state index in [1.807, 2.05) is 0 Å². The van der Waals surface area contributed by atoms with Crippen LogP contribution >= 0.6 is 0 Å². The van der Waals surface area contributed by atoms with E-state index in [1.165, 1.54) is 30.1 Å². The lowest BCUT2D eigenvalue weighted by Gasteiger charge is -2.38. The van der Waals surface area contributed by atoms with Crippen molar-refractivity contribution in [3.05, 3.63) is 62.6 Å². The van der Waals surface area contributed by atoms with Gasteiger partial charge in [-0.1, -0.05) is 50.3 Å². The fourth-order valence-electron chi connectivity index (χ4n) is 6.13. The number of esters is 2. The third-order valence-electron chi connectivity index (χ3n) is 8.31. The number of fused-ring (bicyclic) bond motifs is 4. The Balaban J connectivity index is 1.55. The van der Waals surface area contributed by atoms with E-state index in [0.29, 0.717) is 35.2 Å². The van der Waals surface area contributed by atoms with E-state index in [2.05, 4.69) is 41.9 Å². The number of rotatable bonds is 8. The Kier molecular flexibility index (Phi) is 6.85. The third-order valence-corrected chi connectivity index (χ3v) is 11.6. The zero-order valence-electron chi connectivity index (χ0n) is 22.7. The van der Waals surface area contributed by atoms with Crippen LogP contribution < -0.4 is 16.6 Å². The molecule has 2 aromatic rings. The largest absolute Gasteiger partial charge is 0.505 e. The van der Waals surface area contributed by atoms with Gasteiger partial charge in [-0.05, 0) is 48.6 Å². The molecule has 9 heteroatoms. The molecule has 3 aliphatic rings. The van der Waals surface area contributed by atoms with Crippen molar-refractivity contribution in [2.24, 2.45) is 5.73 Å². The van der Waals surface area contributed by atoms with Gasteiger partial charge in [0.25, 0.3) is 0 Å². The first-order valence-electron chi connectivity index (χ1n) is 13.5. The Morgan fingerprint density at radius 1 is 1.32 bits per heavy atom. The Morgan fingerprint density at radius 3 is 2.82 bits per heavy atom. The van der Waals surface area contributed by atoms with E-state index in [-0.39, 0.29) is 18.8 Å². The third kappa shape index (κ3) is 4.41. The number of nitrogens with two attached hydrogens (primary N) is 1. The second-order valence-electron chi connectivity index (χ2n) is 11.4. The van der Waals surface area contributed by atoms with Crippen LogP contribution in [0.1, 0.15) is 49.1 Å². The van der Waals surface area contributed by atoms with Crippen LogP contribution in [-0.4, -0.2) is 53.4 Å². The number of carbonyl (C=O) groups excluding carboxylic acids is 2. The molecule has 1 aliphatic carbocycles. The highest BCUT2D eigenvalue weighted by atomic mass is 28.3. The molecule has 1 aromatic heterocycles. The van der Waals surface area contributed by atoms with Gasteiger partial charge >= 0.3 is 11.9 Å². The second-order valence-corrected chi connectivity index (χ2v) is 16.7. The predicted molar refractivity (Wildman–Crippen MR) is 148 cm³/mol. The first-order valence-corrected chi connectivity index (χ1v) is 16.9. The Labute approximate surface area is 223 Å². The van der Waals surface area contributed by atoms with Crippen LogP contribution in [-0.2, 0) is 38.4 Å². The normalized spacial score (nSPS) is 20.1. The van der Waals surface area contributed by atoms with Crippen LogP contribution in [0, 0.1) is 0 Å². The fraction of sp³-hybridized carbons (Fsp3) is 0.483. The number of aryl methyl sites for hydroxylation is 1. The number of aliphatic hydroxyl groups is 1. The molecule has 202 valence electrons. The maximum atomic E-state index is 12.9. The summed E-state index contributed by atoms with van der Waals surface area (Å²) in [5, 5.41) is 12.2. The minimum Gasteiger partial charge on any atom is -0.505 e. The number of imidazole rings is 1. The van der Waals surface area contributed by atoms with E-state index in [0.717, 1.165) is 30.4 Å². The molecule has 2 aliphatic heterocycles. The van der Waals surface area contributed by atoms with E-state index in [1.54, 1.807) is 6.92 Å². The summed E-state index contributed by atoms with van der Waals surface area (Å²) in [7, 11) is -1.34. The number of hydrogen-bond acceptors (Lipinski definition) is 7. The molecule has 3 heterocycles. The number of benzene rings is 1. The molecule has 0 bridgehead atoms. The van der Waals surface area contributed by atoms with Gasteiger partial charge in [0, 0.05) is 32.6 Å². The van der Waals surface area contributed by atoms with Crippen LogP contribution in [0.25, 0.3) is 11.8 Å². The molecule has 0 radical (unpaired) electrons. The summed E-state index contributed by atoms with van der Waals surface area (Å²) in [5.41, 5.74) is 10.5. The van der Waals surface area contributed by atoms with Crippen LogP contribution in [0.4, 0.5) is 0 Å². The molecule has 5 rings (SSSR count). The summed E-state index contributed by atoms with van der Waals surface area (Å²) < 4.78 is 13.1. The number of carbonyl (C=O) groups is 2. The molecular weight excluding hydrogens is 498 g/mol. The van der Waals surface area contributed by atoms with E-state index < -0.39 is 25.6 Å². The minimum atomic E-state index is -1.55. The summed E-state index contributed by atoms with van der Waals surface area (Å²) in [6, 6.07) is 8.89. The molecule has 38 heavy (non-hydrogen) atoms. The predicted octanol–water partition coefficient (Wildman–Crippen LogP) is 2.46. The average molecular weight is 536 g/mol. The van der Waals surface area contributed by atoms with Crippen LogP contribution in [0.2, 0.25) is 25.2 Å². The van der Waals surface area contributed by atoms with Gasteiger partial charge < -0.3 is 24.9 Å². The molecular formula is C29H37N3O5Si. The molecule has 3 N–H and O–H groups in total. The summed E-state index contributed by atoms with van der Waals surface area (Å²) in [6.45, 7) is 9.23. The minimum absolute atomic E-state index is 0.0436. The Morgan fingerprint density at radius 2 is 2.11 bits per heavy atom. The van der Waals surface area contributed by atoms with Crippen molar-refractivity contribution in [3.8, 4) is 0 Å². The van der Waals surface area contributed by atoms with Crippen molar-refractivity contribution in [2.45, 2.75) is 76.9 Å². The number of hydrogen-bond donors (Lipinski definition) is 2. The monoisotopic (exact) mass is 535 g/mol. The van der Waals surface area contributed by atoms with Gasteiger partial charge in [0.2, 0.25) is 5.60 Å². The van der Waals surface area contributed by atoms with Crippen molar-refractivity contribution < 1.29 is 24.2 Å². The molecule has 0 spiro atoms. The van der Waals surface area contributed by atoms with E-state index in [4.69, 9.17) is 20.2 Å². The van der Waals surface area contributed by atoms with Gasteiger partial charge in [-0.15, -0.1) is 0 Å². The van der Waals surface area contributed by atoms with Gasteiger partial charge in [0.05, 0.1) is 12.2 Å².